The van der Waals surface area contributed by atoms with Crippen molar-refractivity contribution in [3.63, 3.8) is 0 Å². The first-order valence-corrected chi connectivity index (χ1v) is 8.94. The quantitative estimate of drug-likeness (QED) is 0.595. The van der Waals surface area contributed by atoms with Crippen LogP contribution in [0.3, 0.4) is 0 Å². The molecule has 1 aliphatic heterocycles. The second kappa shape index (κ2) is 7.90. The van der Waals surface area contributed by atoms with Gasteiger partial charge in [0.25, 0.3) is 5.91 Å². The number of hydrogen-bond donors (Lipinski definition) is 1. The number of hydrogen-bond acceptors (Lipinski definition) is 5. The van der Waals surface area contributed by atoms with Crippen molar-refractivity contribution >= 4 is 17.9 Å². The number of imide groups is 1. The number of nitrogens with zero attached hydrogens (tertiary/aromatic N) is 1. The second-order valence-corrected chi connectivity index (χ2v) is 6.94. The predicted molar refractivity (Wildman–Crippen MR) is 102 cm³/mol. The molecule has 0 bridgehead atoms. The number of carbonyl (C=O) groups is 3. The zero-order chi connectivity index (χ0) is 21.2. The van der Waals surface area contributed by atoms with Gasteiger partial charge in [-0.05, 0) is 37.1 Å². The average molecular weight is 400 g/mol. The monoisotopic (exact) mass is 400 g/mol. The molecule has 0 saturated carbocycles. The Bertz CT molecular complexity index is 960. The molecule has 3 amide bonds. The fraction of sp³-hybridized carbons (Fsp3) is 0.286. The minimum atomic E-state index is -1.26. The molecule has 3 rings (SSSR count). The number of ether oxygens (including phenoxy) is 2. The summed E-state index contributed by atoms with van der Waals surface area (Å²) in [5.41, 5.74) is 0.790. The molecule has 0 unspecified atom stereocenters. The summed E-state index contributed by atoms with van der Waals surface area (Å²) < 4.78 is 23.6. The first-order valence-electron chi connectivity index (χ1n) is 8.94. The number of benzene rings is 2. The lowest BCUT2D eigenvalue weighted by Crippen LogP contribution is -2.41. The van der Waals surface area contributed by atoms with Gasteiger partial charge in [0.15, 0.2) is 11.6 Å². The van der Waals surface area contributed by atoms with E-state index in [1.807, 2.05) is 19.1 Å². The Hall–Kier alpha value is -3.42. The van der Waals surface area contributed by atoms with Gasteiger partial charge in [-0.15, -0.1) is 0 Å². The molecule has 0 aromatic heterocycles. The van der Waals surface area contributed by atoms with Gasteiger partial charge >= 0.3 is 12.0 Å². The van der Waals surface area contributed by atoms with Crippen molar-refractivity contribution in [3.05, 3.63) is 65.0 Å². The molecule has 1 atom stereocenters. The SMILES string of the molecule is COc1ccc(COC(=O)CN2C(=O)N[C@](C)(c3ccc(C)cc3)C2=O)cc1F. The number of urea groups is 1. The molecule has 0 radical (unpaired) electrons. The molecule has 1 heterocycles. The molecule has 2 aromatic rings. The molecular formula is C21H21FN2O5. The van der Waals surface area contributed by atoms with Crippen molar-refractivity contribution in [2.75, 3.05) is 13.7 Å². The Morgan fingerprint density at radius 3 is 2.48 bits per heavy atom. The molecule has 29 heavy (non-hydrogen) atoms. The van der Waals surface area contributed by atoms with Crippen LogP contribution in [0.2, 0.25) is 0 Å². The number of amides is 3. The number of carbonyl (C=O) groups excluding carboxylic acids is 3. The smallest absolute Gasteiger partial charge is 0.326 e. The van der Waals surface area contributed by atoms with Gasteiger partial charge in [0.05, 0.1) is 7.11 Å². The fourth-order valence-electron chi connectivity index (χ4n) is 3.06. The van der Waals surface area contributed by atoms with Crippen LogP contribution in [0.25, 0.3) is 0 Å². The van der Waals surface area contributed by atoms with E-state index in [0.29, 0.717) is 11.1 Å². The molecule has 1 fully saturated rings. The minimum Gasteiger partial charge on any atom is -0.494 e. The summed E-state index contributed by atoms with van der Waals surface area (Å²) in [4.78, 5) is 38.1. The summed E-state index contributed by atoms with van der Waals surface area (Å²) in [6, 6.07) is 10.7. The van der Waals surface area contributed by atoms with Gasteiger partial charge < -0.3 is 14.8 Å². The van der Waals surface area contributed by atoms with Crippen molar-refractivity contribution in [2.24, 2.45) is 0 Å². The number of nitrogens with one attached hydrogen (secondary N) is 1. The number of esters is 1. The topological polar surface area (TPSA) is 84.9 Å². The molecular weight excluding hydrogens is 379 g/mol. The highest BCUT2D eigenvalue weighted by molar-refractivity contribution is 6.08. The third-order valence-electron chi connectivity index (χ3n) is 4.81. The zero-order valence-electron chi connectivity index (χ0n) is 16.3. The minimum absolute atomic E-state index is 0.0785. The highest BCUT2D eigenvalue weighted by Crippen LogP contribution is 2.29. The van der Waals surface area contributed by atoms with Crippen LogP contribution in [-0.4, -0.2) is 36.5 Å². The van der Waals surface area contributed by atoms with Crippen LogP contribution in [0, 0.1) is 12.7 Å². The van der Waals surface area contributed by atoms with E-state index in [1.54, 1.807) is 25.1 Å². The Morgan fingerprint density at radius 2 is 1.86 bits per heavy atom. The van der Waals surface area contributed by atoms with E-state index in [0.717, 1.165) is 10.5 Å². The fourth-order valence-corrected chi connectivity index (χ4v) is 3.06. The Balaban J connectivity index is 1.64. The lowest BCUT2D eigenvalue weighted by Gasteiger charge is -2.22. The van der Waals surface area contributed by atoms with Gasteiger partial charge in [0.1, 0.15) is 18.7 Å². The average Bonchev–Trinajstić information content (AvgIpc) is 2.91. The van der Waals surface area contributed by atoms with Gasteiger partial charge in [-0.25, -0.2) is 9.18 Å². The summed E-state index contributed by atoms with van der Waals surface area (Å²) in [6.07, 6.45) is 0. The van der Waals surface area contributed by atoms with E-state index >= 15 is 0 Å². The van der Waals surface area contributed by atoms with Crippen LogP contribution in [0.5, 0.6) is 5.75 Å². The maximum atomic E-state index is 13.7. The van der Waals surface area contributed by atoms with E-state index < -0.39 is 35.8 Å². The Labute approximate surface area is 167 Å². The Morgan fingerprint density at radius 1 is 1.17 bits per heavy atom. The van der Waals surface area contributed by atoms with Crippen LogP contribution in [-0.2, 0) is 26.5 Å². The first-order chi connectivity index (χ1) is 13.7. The molecule has 152 valence electrons. The van der Waals surface area contributed by atoms with Gasteiger partial charge in [-0.1, -0.05) is 35.9 Å². The summed E-state index contributed by atoms with van der Waals surface area (Å²) in [5.74, 6) is -1.82. The molecule has 1 N–H and O–H groups in total. The maximum Gasteiger partial charge on any atom is 0.326 e. The van der Waals surface area contributed by atoms with Gasteiger partial charge in [0.2, 0.25) is 0 Å². The van der Waals surface area contributed by atoms with E-state index in [-0.39, 0.29) is 12.4 Å². The standard InChI is InChI=1S/C21H21FN2O5/c1-13-4-7-15(8-5-13)21(2)19(26)24(20(27)23-21)11-18(25)29-12-14-6-9-17(28-3)16(22)10-14/h4-10H,11-12H2,1-3H3,(H,23,27)/t21-/m1/s1. The van der Waals surface area contributed by atoms with E-state index in [1.165, 1.54) is 19.2 Å². The van der Waals surface area contributed by atoms with E-state index in [9.17, 15) is 18.8 Å². The highest BCUT2D eigenvalue weighted by atomic mass is 19.1. The molecule has 0 spiro atoms. The predicted octanol–water partition coefficient (Wildman–Crippen LogP) is 2.65. The third kappa shape index (κ3) is 4.06. The summed E-state index contributed by atoms with van der Waals surface area (Å²) in [6.45, 7) is 2.77. The van der Waals surface area contributed by atoms with E-state index in [2.05, 4.69) is 5.32 Å². The van der Waals surface area contributed by atoms with Crippen molar-refractivity contribution in [1.82, 2.24) is 10.2 Å². The van der Waals surface area contributed by atoms with Crippen LogP contribution >= 0.6 is 0 Å². The molecule has 8 heteroatoms. The Kier molecular flexibility index (Phi) is 5.54. The lowest BCUT2D eigenvalue weighted by molar-refractivity contribution is -0.148. The number of halogens is 1. The zero-order valence-corrected chi connectivity index (χ0v) is 16.3. The van der Waals surface area contributed by atoms with Crippen LogP contribution in [0.1, 0.15) is 23.6 Å². The highest BCUT2D eigenvalue weighted by Gasteiger charge is 2.49. The van der Waals surface area contributed by atoms with Crippen LogP contribution in [0.4, 0.5) is 9.18 Å². The summed E-state index contributed by atoms with van der Waals surface area (Å²) >= 11 is 0. The second-order valence-electron chi connectivity index (χ2n) is 6.94. The molecule has 1 saturated heterocycles. The lowest BCUT2D eigenvalue weighted by atomic mass is 9.91. The number of aryl methyl sites for hydroxylation is 1. The number of methoxy groups -OCH3 is 1. The van der Waals surface area contributed by atoms with Gasteiger partial charge in [-0.2, -0.15) is 0 Å². The van der Waals surface area contributed by atoms with E-state index in [4.69, 9.17) is 9.47 Å². The van der Waals surface area contributed by atoms with Crippen molar-refractivity contribution in [1.29, 1.82) is 0 Å². The summed E-state index contributed by atoms with van der Waals surface area (Å²) in [5, 5.41) is 2.63. The van der Waals surface area contributed by atoms with Gasteiger partial charge in [0, 0.05) is 0 Å². The molecule has 0 aliphatic carbocycles. The van der Waals surface area contributed by atoms with Crippen LogP contribution < -0.4 is 10.1 Å². The number of rotatable bonds is 6. The normalized spacial score (nSPS) is 18.6. The third-order valence-corrected chi connectivity index (χ3v) is 4.81. The van der Waals surface area contributed by atoms with Crippen molar-refractivity contribution in [2.45, 2.75) is 26.0 Å². The molecule has 7 nitrogen and oxygen atoms in total. The first kappa shape index (κ1) is 20.3. The molecule has 2 aromatic carbocycles. The molecule has 1 aliphatic rings. The van der Waals surface area contributed by atoms with Gasteiger partial charge in [-0.3, -0.25) is 14.5 Å². The largest absolute Gasteiger partial charge is 0.494 e. The van der Waals surface area contributed by atoms with Crippen LogP contribution in [0.15, 0.2) is 42.5 Å². The maximum absolute atomic E-state index is 13.7. The van der Waals surface area contributed by atoms with Crippen molar-refractivity contribution in [3.8, 4) is 5.75 Å². The summed E-state index contributed by atoms with van der Waals surface area (Å²) in [7, 11) is 1.35. The van der Waals surface area contributed by atoms with Crippen molar-refractivity contribution < 1.29 is 28.2 Å².